The molecule has 1 aromatic heterocycles. The van der Waals surface area contributed by atoms with Gasteiger partial charge < -0.3 is 14.8 Å². The van der Waals surface area contributed by atoms with Crippen LogP contribution in [0.25, 0.3) is 0 Å². The van der Waals surface area contributed by atoms with E-state index in [0.29, 0.717) is 12.5 Å². The zero-order chi connectivity index (χ0) is 11.6. The first kappa shape index (κ1) is 11.0. The Kier molecular flexibility index (Phi) is 2.99. The molecule has 4 heteroatoms. The van der Waals surface area contributed by atoms with Gasteiger partial charge in [0, 0.05) is 18.7 Å². The molecule has 1 N–H and O–H groups in total. The second-order valence-electron chi connectivity index (χ2n) is 4.86. The lowest BCUT2D eigenvalue weighted by atomic mass is 9.89. The molecule has 2 aliphatic heterocycles. The van der Waals surface area contributed by atoms with Crippen LogP contribution >= 0.6 is 0 Å². The van der Waals surface area contributed by atoms with Crippen LogP contribution in [0.15, 0.2) is 24.4 Å². The van der Waals surface area contributed by atoms with Gasteiger partial charge in [-0.05, 0) is 32.0 Å². The van der Waals surface area contributed by atoms with Crippen LogP contribution in [0.3, 0.4) is 0 Å². The molecule has 0 aliphatic carbocycles. The summed E-state index contributed by atoms with van der Waals surface area (Å²) in [5.74, 6) is 0.701. The fourth-order valence-electron chi connectivity index (χ4n) is 2.70. The zero-order valence-corrected chi connectivity index (χ0v) is 9.89. The van der Waals surface area contributed by atoms with Crippen molar-refractivity contribution in [3.8, 4) is 5.88 Å². The van der Waals surface area contributed by atoms with E-state index in [1.165, 1.54) is 0 Å². The summed E-state index contributed by atoms with van der Waals surface area (Å²) in [7, 11) is 0. The fraction of sp³-hybridized carbons (Fsp3) is 0.615. The van der Waals surface area contributed by atoms with Crippen molar-refractivity contribution in [2.24, 2.45) is 0 Å². The average molecular weight is 234 g/mol. The maximum Gasteiger partial charge on any atom is 0.213 e. The predicted octanol–water partition coefficient (Wildman–Crippen LogP) is 1.37. The van der Waals surface area contributed by atoms with Crippen molar-refractivity contribution in [2.75, 3.05) is 19.7 Å². The Hall–Kier alpha value is -1.13. The molecule has 1 unspecified atom stereocenters. The van der Waals surface area contributed by atoms with Crippen LogP contribution in [0.4, 0.5) is 0 Å². The summed E-state index contributed by atoms with van der Waals surface area (Å²) >= 11 is 0. The highest BCUT2D eigenvalue weighted by Crippen LogP contribution is 2.35. The molecule has 3 rings (SSSR count). The van der Waals surface area contributed by atoms with Gasteiger partial charge in [0.05, 0.1) is 12.2 Å². The van der Waals surface area contributed by atoms with Crippen molar-refractivity contribution in [2.45, 2.75) is 31.0 Å². The number of nitrogens with one attached hydrogen (secondary N) is 1. The molecule has 2 aliphatic rings. The molecule has 0 amide bonds. The highest BCUT2D eigenvalue weighted by Gasteiger charge is 2.42. The fourth-order valence-corrected chi connectivity index (χ4v) is 2.70. The maximum atomic E-state index is 5.97. The molecule has 2 fully saturated rings. The number of rotatable bonds is 2. The quantitative estimate of drug-likeness (QED) is 0.839. The Balaban J connectivity index is 1.60. The highest BCUT2D eigenvalue weighted by atomic mass is 16.6. The number of pyridine rings is 1. The molecule has 1 atom stereocenters. The van der Waals surface area contributed by atoms with Crippen molar-refractivity contribution < 1.29 is 9.47 Å². The molecule has 0 radical (unpaired) electrons. The normalized spacial score (nSPS) is 27.2. The number of aromatic nitrogens is 1. The summed E-state index contributed by atoms with van der Waals surface area (Å²) < 4.78 is 11.8. The molecular weight excluding hydrogens is 216 g/mol. The van der Waals surface area contributed by atoms with Gasteiger partial charge in [-0.15, -0.1) is 0 Å². The van der Waals surface area contributed by atoms with E-state index >= 15 is 0 Å². The Bertz CT molecular complexity index is 363. The van der Waals surface area contributed by atoms with Gasteiger partial charge in [-0.3, -0.25) is 0 Å². The Morgan fingerprint density at radius 1 is 1.35 bits per heavy atom. The van der Waals surface area contributed by atoms with Gasteiger partial charge in [-0.2, -0.15) is 0 Å². The van der Waals surface area contributed by atoms with Crippen LogP contribution in [-0.2, 0) is 4.74 Å². The van der Waals surface area contributed by atoms with Crippen molar-refractivity contribution in [3.63, 3.8) is 0 Å². The lowest BCUT2D eigenvalue weighted by molar-refractivity contribution is -0.0205. The topological polar surface area (TPSA) is 43.4 Å². The van der Waals surface area contributed by atoms with E-state index in [1.807, 2.05) is 18.2 Å². The minimum Gasteiger partial charge on any atom is -0.472 e. The molecule has 92 valence electrons. The Morgan fingerprint density at radius 2 is 2.24 bits per heavy atom. The SMILES string of the molecule is c1ccc(OC2COC3(CCNCC3)C2)nc1. The average Bonchev–Trinajstić information content (AvgIpc) is 2.74. The van der Waals surface area contributed by atoms with Crippen molar-refractivity contribution in [1.29, 1.82) is 0 Å². The molecule has 0 saturated carbocycles. The first-order chi connectivity index (χ1) is 8.36. The molecule has 1 aromatic rings. The Labute approximate surface area is 101 Å². The molecule has 17 heavy (non-hydrogen) atoms. The standard InChI is InChI=1S/C13H18N2O2/c1-2-6-15-12(3-1)17-11-9-13(16-10-11)4-7-14-8-5-13/h1-3,6,11,14H,4-5,7-10H2. The minimum absolute atomic E-state index is 0.0602. The van der Waals surface area contributed by atoms with E-state index in [1.54, 1.807) is 6.20 Å². The summed E-state index contributed by atoms with van der Waals surface area (Å²) in [5.41, 5.74) is 0.0602. The summed E-state index contributed by atoms with van der Waals surface area (Å²) in [4.78, 5) is 4.19. The number of piperidine rings is 1. The maximum absolute atomic E-state index is 5.97. The third-order valence-corrected chi connectivity index (χ3v) is 3.62. The summed E-state index contributed by atoms with van der Waals surface area (Å²) in [6, 6.07) is 5.73. The van der Waals surface area contributed by atoms with Crippen molar-refractivity contribution in [3.05, 3.63) is 24.4 Å². The van der Waals surface area contributed by atoms with E-state index < -0.39 is 0 Å². The van der Waals surface area contributed by atoms with Gasteiger partial charge in [0.2, 0.25) is 5.88 Å². The minimum atomic E-state index is 0.0602. The molecule has 0 bridgehead atoms. The van der Waals surface area contributed by atoms with Crippen LogP contribution in [0.2, 0.25) is 0 Å². The highest BCUT2D eigenvalue weighted by molar-refractivity contribution is 5.10. The summed E-state index contributed by atoms with van der Waals surface area (Å²) in [6.45, 7) is 2.79. The first-order valence-corrected chi connectivity index (χ1v) is 6.29. The van der Waals surface area contributed by atoms with Gasteiger partial charge in [0.1, 0.15) is 6.10 Å². The van der Waals surface area contributed by atoms with Gasteiger partial charge >= 0.3 is 0 Å². The van der Waals surface area contributed by atoms with Crippen LogP contribution in [0.1, 0.15) is 19.3 Å². The molecule has 3 heterocycles. The van der Waals surface area contributed by atoms with Gasteiger partial charge in [-0.25, -0.2) is 4.98 Å². The third-order valence-electron chi connectivity index (χ3n) is 3.62. The monoisotopic (exact) mass is 234 g/mol. The first-order valence-electron chi connectivity index (χ1n) is 6.29. The second-order valence-corrected chi connectivity index (χ2v) is 4.86. The lowest BCUT2D eigenvalue weighted by Gasteiger charge is -2.32. The third kappa shape index (κ3) is 2.42. The van der Waals surface area contributed by atoms with Crippen LogP contribution < -0.4 is 10.1 Å². The molecule has 0 aromatic carbocycles. The largest absolute Gasteiger partial charge is 0.472 e. The Morgan fingerprint density at radius 3 is 3.00 bits per heavy atom. The van der Waals surface area contributed by atoms with E-state index in [0.717, 1.165) is 32.4 Å². The number of hydrogen-bond acceptors (Lipinski definition) is 4. The van der Waals surface area contributed by atoms with Gasteiger partial charge in [0.15, 0.2) is 0 Å². The molecule has 2 saturated heterocycles. The van der Waals surface area contributed by atoms with Crippen LogP contribution in [0, 0.1) is 0 Å². The molecule has 1 spiro atoms. The summed E-state index contributed by atoms with van der Waals surface area (Å²) in [6.07, 6.45) is 5.09. The smallest absolute Gasteiger partial charge is 0.213 e. The van der Waals surface area contributed by atoms with E-state index in [2.05, 4.69) is 10.3 Å². The van der Waals surface area contributed by atoms with Gasteiger partial charge in [-0.1, -0.05) is 6.07 Å². The number of hydrogen-bond donors (Lipinski definition) is 1. The van der Waals surface area contributed by atoms with Crippen molar-refractivity contribution >= 4 is 0 Å². The molecular formula is C13H18N2O2. The zero-order valence-electron chi connectivity index (χ0n) is 9.89. The van der Waals surface area contributed by atoms with E-state index in [9.17, 15) is 0 Å². The molecule has 4 nitrogen and oxygen atoms in total. The number of nitrogens with zero attached hydrogens (tertiary/aromatic N) is 1. The van der Waals surface area contributed by atoms with Gasteiger partial charge in [0.25, 0.3) is 0 Å². The second kappa shape index (κ2) is 4.63. The van der Waals surface area contributed by atoms with E-state index in [-0.39, 0.29) is 11.7 Å². The summed E-state index contributed by atoms with van der Waals surface area (Å²) in [5, 5.41) is 3.37. The number of ether oxygens (including phenoxy) is 2. The van der Waals surface area contributed by atoms with E-state index in [4.69, 9.17) is 9.47 Å². The predicted molar refractivity (Wildman–Crippen MR) is 64.1 cm³/mol. The van der Waals surface area contributed by atoms with Crippen LogP contribution in [-0.4, -0.2) is 36.4 Å². The van der Waals surface area contributed by atoms with Crippen LogP contribution in [0.5, 0.6) is 5.88 Å². The lowest BCUT2D eigenvalue weighted by Crippen LogP contribution is -2.41. The van der Waals surface area contributed by atoms with Crippen molar-refractivity contribution in [1.82, 2.24) is 10.3 Å².